The van der Waals surface area contributed by atoms with Gasteiger partial charge < -0.3 is 10.0 Å². The van der Waals surface area contributed by atoms with Crippen LogP contribution in [0.1, 0.15) is 11.3 Å². The van der Waals surface area contributed by atoms with Crippen molar-refractivity contribution in [2.24, 2.45) is 0 Å². The molecule has 142 valence electrons. The van der Waals surface area contributed by atoms with Gasteiger partial charge in [0.15, 0.2) is 0 Å². The maximum atomic E-state index is 13.4. The van der Waals surface area contributed by atoms with Gasteiger partial charge in [0.25, 0.3) is 0 Å². The van der Waals surface area contributed by atoms with Gasteiger partial charge in [-0.1, -0.05) is 6.07 Å². The zero-order chi connectivity index (χ0) is 19.4. The molecule has 0 saturated carbocycles. The summed E-state index contributed by atoms with van der Waals surface area (Å²) in [7, 11) is -2.80. The van der Waals surface area contributed by atoms with E-state index in [0.717, 1.165) is 6.20 Å². The number of anilines is 1. The van der Waals surface area contributed by atoms with E-state index >= 15 is 0 Å². The first kappa shape index (κ1) is 20.1. The van der Waals surface area contributed by atoms with Crippen molar-refractivity contribution in [1.82, 2.24) is 14.7 Å². The van der Waals surface area contributed by atoms with E-state index in [4.69, 9.17) is 5.11 Å². The van der Waals surface area contributed by atoms with Gasteiger partial charge >= 0.3 is 6.18 Å². The summed E-state index contributed by atoms with van der Waals surface area (Å²) in [4.78, 5) is 8.37. The molecule has 11 heteroatoms. The molecule has 2 heterocycles. The quantitative estimate of drug-likeness (QED) is 0.742. The third-order valence-corrected chi connectivity index (χ3v) is 4.78. The van der Waals surface area contributed by atoms with Crippen LogP contribution in [0.5, 0.6) is 0 Å². The molecule has 0 aliphatic rings. The molecule has 0 bridgehead atoms. The van der Waals surface area contributed by atoms with Crippen molar-refractivity contribution in [1.29, 1.82) is 0 Å². The van der Waals surface area contributed by atoms with E-state index < -0.39 is 39.1 Å². The molecule has 2 rings (SSSR count). The lowest BCUT2D eigenvalue weighted by Crippen LogP contribution is -2.28. The van der Waals surface area contributed by atoms with E-state index in [2.05, 4.69) is 9.97 Å². The molecule has 0 radical (unpaired) electrons. The Morgan fingerprint density at radius 3 is 2.58 bits per heavy atom. The molecule has 0 saturated heterocycles. The number of nitrogens with zero attached hydrogens (tertiary/aromatic N) is 3. The maximum Gasteiger partial charge on any atom is 0.420 e. The number of pyridine rings is 2. The average molecular weight is 390 g/mol. The van der Waals surface area contributed by atoms with E-state index in [1.807, 2.05) is 4.72 Å². The van der Waals surface area contributed by atoms with E-state index in [9.17, 15) is 21.6 Å². The predicted octanol–water partition coefficient (Wildman–Crippen LogP) is 1.40. The largest absolute Gasteiger partial charge is 0.420 e. The molecule has 0 amide bonds. The minimum Gasteiger partial charge on any atom is -0.395 e. The van der Waals surface area contributed by atoms with Gasteiger partial charge in [0, 0.05) is 26.0 Å². The standard InChI is InChI=1S/C15H17F3N4O3S/c1-22(10-11-4-2-3-5-19-11)14-13(15(16,17)18)8-12(9-20-14)26(24,25)21-6-7-23/h2-5,8-9,21,23H,6-7,10H2,1H3. The van der Waals surface area contributed by atoms with Crippen LogP contribution in [0.3, 0.4) is 0 Å². The lowest BCUT2D eigenvalue weighted by molar-refractivity contribution is -0.137. The Labute approximate surface area is 148 Å². The number of rotatable bonds is 7. The number of aliphatic hydroxyl groups is 1. The van der Waals surface area contributed by atoms with Crippen LogP contribution in [0.15, 0.2) is 41.6 Å². The zero-order valence-electron chi connectivity index (χ0n) is 13.7. The monoisotopic (exact) mass is 390 g/mol. The Balaban J connectivity index is 2.41. The molecule has 0 atom stereocenters. The van der Waals surface area contributed by atoms with E-state index in [-0.39, 0.29) is 13.1 Å². The van der Waals surface area contributed by atoms with Crippen LogP contribution in [-0.2, 0) is 22.7 Å². The number of nitrogens with one attached hydrogen (secondary N) is 1. The number of aliphatic hydroxyl groups excluding tert-OH is 1. The Bertz CT molecular complexity index is 845. The van der Waals surface area contributed by atoms with Gasteiger partial charge in [0.2, 0.25) is 10.0 Å². The van der Waals surface area contributed by atoms with Crippen LogP contribution in [-0.4, -0.2) is 43.7 Å². The van der Waals surface area contributed by atoms with Gasteiger partial charge in [-0.05, 0) is 18.2 Å². The number of aromatic nitrogens is 2. The first-order valence-electron chi connectivity index (χ1n) is 7.44. The molecule has 0 aliphatic carbocycles. The third kappa shape index (κ3) is 4.90. The molecule has 0 fully saturated rings. The second kappa shape index (κ2) is 7.98. The van der Waals surface area contributed by atoms with Gasteiger partial charge in [0.05, 0.1) is 24.4 Å². The molecule has 0 aliphatic heterocycles. The third-order valence-electron chi connectivity index (χ3n) is 3.35. The summed E-state index contributed by atoms with van der Waals surface area (Å²) in [6, 6.07) is 5.57. The van der Waals surface area contributed by atoms with Gasteiger partial charge in [-0.2, -0.15) is 13.2 Å². The fraction of sp³-hybridized carbons (Fsp3) is 0.333. The van der Waals surface area contributed by atoms with Crippen LogP contribution < -0.4 is 9.62 Å². The maximum absolute atomic E-state index is 13.4. The summed E-state index contributed by atoms with van der Waals surface area (Å²) in [6.07, 6.45) is -2.44. The summed E-state index contributed by atoms with van der Waals surface area (Å²) >= 11 is 0. The summed E-state index contributed by atoms with van der Waals surface area (Å²) < 4.78 is 66.3. The summed E-state index contributed by atoms with van der Waals surface area (Å²) in [5, 5.41) is 8.68. The number of hydrogen-bond acceptors (Lipinski definition) is 6. The highest BCUT2D eigenvalue weighted by Gasteiger charge is 2.37. The van der Waals surface area contributed by atoms with Gasteiger partial charge in [-0.3, -0.25) is 4.98 Å². The second-order valence-corrected chi connectivity index (χ2v) is 7.11. The second-order valence-electron chi connectivity index (χ2n) is 5.34. The fourth-order valence-electron chi connectivity index (χ4n) is 2.17. The zero-order valence-corrected chi connectivity index (χ0v) is 14.5. The minimum absolute atomic E-state index is 0.0613. The first-order valence-corrected chi connectivity index (χ1v) is 8.92. The van der Waals surface area contributed by atoms with Crippen LogP contribution in [0.4, 0.5) is 19.0 Å². The van der Waals surface area contributed by atoms with Crippen molar-refractivity contribution >= 4 is 15.8 Å². The van der Waals surface area contributed by atoms with Gasteiger partial charge in [0.1, 0.15) is 10.7 Å². The highest BCUT2D eigenvalue weighted by atomic mass is 32.2. The molecular formula is C15H17F3N4O3S. The Hall–Kier alpha value is -2.24. The molecule has 2 N–H and O–H groups in total. The lowest BCUT2D eigenvalue weighted by atomic mass is 10.2. The fourth-order valence-corrected chi connectivity index (χ4v) is 3.16. The highest BCUT2D eigenvalue weighted by molar-refractivity contribution is 7.89. The SMILES string of the molecule is CN(Cc1ccccn1)c1ncc(S(=O)(=O)NCCO)cc1C(F)(F)F. The van der Waals surface area contributed by atoms with Crippen molar-refractivity contribution in [2.75, 3.05) is 25.1 Å². The number of alkyl halides is 3. The van der Waals surface area contributed by atoms with Crippen LogP contribution in [0.25, 0.3) is 0 Å². The molecule has 7 nitrogen and oxygen atoms in total. The van der Waals surface area contributed by atoms with Crippen LogP contribution >= 0.6 is 0 Å². The van der Waals surface area contributed by atoms with Crippen molar-refractivity contribution in [3.05, 3.63) is 47.9 Å². The van der Waals surface area contributed by atoms with Gasteiger partial charge in [-0.25, -0.2) is 18.1 Å². The minimum atomic E-state index is -4.80. The van der Waals surface area contributed by atoms with Crippen molar-refractivity contribution < 1.29 is 26.7 Å². The summed E-state index contributed by atoms with van der Waals surface area (Å²) in [5.41, 5.74) is -0.644. The summed E-state index contributed by atoms with van der Waals surface area (Å²) in [6.45, 7) is -0.736. The van der Waals surface area contributed by atoms with E-state index in [1.54, 1.807) is 18.2 Å². The van der Waals surface area contributed by atoms with E-state index in [0.29, 0.717) is 11.8 Å². The van der Waals surface area contributed by atoms with Crippen LogP contribution in [0.2, 0.25) is 0 Å². The molecule has 0 spiro atoms. The molecule has 2 aromatic heterocycles. The smallest absolute Gasteiger partial charge is 0.395 e. The van der Waals surface area contributed by atoms with Crippen molar-refractivity contribution in [2.45, 2.75) is 17.6 Å². The topological polar surface area (TPSA) is 95.4 Å². The van der Waals surface area contributed by atoms with Crippen LogP contribution in [0, 0.1) is 0 Å². The Morgan fingerprint density at radius 2 is 2.00 bits per heavy atom. The number of halogens is 3. The average Bonchev–Trinajstić information content (AvgIpc) is 2.59. The molecular weight excluding hydrogens is 373 g/mol. The van der Waals surface area contributed by atoms with Crippen molar-refractivity contribution in [3.8, 4) is 0 Å². The predicted molar refractivity (Wildman–Crippen MR) is 87.9 cm³/mol. The Morgan fingerprint density at radius 1 is 1.27 bits per heavy atom. The number of hydrogen-bond donors (Lipinski definition) is 2. The van der Waals surface area contributed by atoms with E-state index in [1.165, 1.54) is 18.1 Å². The molecule has 26 heavy (non-hydrogen) atoms. The van der Waals surface area contributed by atoms with Gasteiger partial charge in [-0.15, -0.1) is 0 Å². The van der Waals surface area contributed by atoms with Crippen molar-refractivity contribution in [3.63, 3.8) is 0 Å². The highest BCUT2D eigenvalue weighted by Crippen LogP contribution is 2.36. The molecule has 0 unspecified atom stereocenters. The normalized spacial score (nSPS) is 12.2. The number of sulfonamides is 1. The molecule has 2 aromatic rings. The lowest BCUT2D eigenvalue weighted by Gasteiger charge is -2.22. The first-order chi connectivity index (χ1) is 12.1. The molecule has 0 aromatic carbocycles. The summed E-state index contributed by atoms with van der Waals surface area (Å²) in [5.74, 6) is -0.413. The Kier molecular flexibility index (Phi) is 6.16.